The smallest absolute Gasteiger partial charge is 0.165 e. The molecule has 1 aliphatic heterocycles. The van der Waals surface area contributed by atoms with Gasteiger partial charge in [0, 0.05) is 5.57 Å². The molecule has 0 aromatic carbocycles. The van der Waals surface area contributed by atoms with Gasteiger partial charge in [-0.05, 0) is 54.8 Å². The highest BCUT2D eigenvalue weighted by molar-refractivity contribution is 6.05. The minimum Gasteiger partial charge on any atom is -0.384 e. The van der Waals surface area contributed by atoms with E-state index in [9.17, 15) is 0 Å². The average Bonchev–Trinajstić information content (AvgIpc) is 2.49. The Hall–Kier alpha value is -0.790. The molecule has 4 rings (SSSR count). The molecule has 0 saturated heterocycles. The molecule has 2 nitrogen and oxygen atoms in total. The van der Waals surface area contributed by atoms with E-state index in [0.29, 0.717) is 16.2 Å². The number of allylic oxidation sites excluding steroid dienone is 1. The molecule has 1 fully saturated rings. The minimum absolute atomic E-state index is 0.0735. The van der Waals surface area contributed by atoms with Crippen LogP contribution in [0.15, 0.2) is 16.3 Å². The summed E-state index contributed by atoms with van der Waals surface area (Å²) in [5.41, 5.74) is 5.52. The van der Waals surface area contributed by atoms with Gasteiger partial charge in [0.25, 0.3) is 0 Å². The lowest BCUT2D eigenvalue weighted by Crippen LogP contribution is -2.53. The van der Waals surface area contributed by atoms with Crippen LogP contribution in [0.4, 0.5) is 0 Å². The fraction of sp³-hybridized carbons (Fsp3) is 0.833. The van der Waals surface area contributed by atoms with Gasteiger partial charge >= 0.3 is 0 Å². The Morgan fingerprint density at radius 1 is 0.850 bits per heavy atom. The molecule has 0 radical (unpaired) electrons. The zero-order valence-electron chi connectivity index (χ0n) is 13.6. The summed E-state index contributed by atoms with van der Waals surface area (Å²) >= 11 is 0. The lowest BCUT2D eigenvalue weighted by atomic mass is 9.50. The second kappa shape index (κ2) is 3.34. The highest BCUT2D eigenvalue weighted by Gasteiger charge is 2.61. The quantitative estimate of drug-likeness (QED) is 0.618. The van der Waals surface area contributed by atoms with E-state index in [1.807, 2.05) is 0 Å². The topological polar surface area (TPSA) is 21.6 Å². The highest BCUT2D eigenvalue weighted by Crippen LogP contribution is 2.64. The van der Waals surface area contributed by atoms with Crippen molar-refractivity contribution in [3.05, 3.63) is 11.1 Å². The molecule has 1 spiro atoms. The third-order valence-electron chi connectivity index (χ3n) is 5.79. The monoisotopic (exact) mass is 273 g/mol. The van der Waals surface area contributed by atoms with Crippen LogP contribution in [0.1, 0.15) is 73.1 Å². The zero-order chi connectivity index (χ0) is 14.4. The van der Waals surface area contributed by atoms with Crippen LogP contribution in [-0.4, -0.2) is 11.3 Å². The van der Waals surface area contributed by atoms with Gasteiger partial charge in [-0.15, -0.1) is 0 Å². The van der Waals surface area contributed by atoms with Crippen LogP contribution >= 0.6 is 0 Å². The zero-order valence-corrected chi connectivity index (χ0v) is 13.6. The lowest BCUT2D eigenvalue weighted by molar-refractivity contribution is -0.106. The summed E-state index contributed by atoms with van der Waals surface area (Å²) in [5, 5.41) is 4.56. The predicted octanol–water partition coefficient (Wildman–Crippen LogP) is 4.85. The van der Waals surface area contributed by atoms with Gasteiger partial charge in [0.2, 0.25) is 0 Å². The summed E-state index contributed by atoms with van der Waals surface area (Å²) in [4.78, 5) is 6.15. The van der Waals surface area contributed by atoms with Gasteiger partial charge in [-0.3, -0.25) is 0 Å². The maximum Gasteiger partial charge on any atom is 0.165 e. The summed E-state index contributed by atoms with van der Waals surface area (Å²) < 4.78 is 0. The standard InChI is InChI=1S/C18H27NO/c1-15(2)6-12-7-17(5)9-16(3,4)10-18(11-17)14(12)13(8-15)19-20-18/h6-11H2,1-5H3. The molecule has 20 heavy (non-hydrogen) atoms. The predicted molar refractivity (Wildman–Crippen MR) is 81.6 cm³/mol. The lowest BCUT2D eigenvalue weighted by Gasteiger charge is -2.55. The summed E-state index contributed by atoms with van der Waals surface area (Å²) in [7, 11) is 0. The summed E-state index contributed by atoms with van der Waals surface area (Å²) in [6, 6.07) is 0. The number of rotatable bonds is 0. The molecule has 0 N–H and O–H groups in total. The molecule has 2 heteroatoms. The summed E-state index contributed by atoms with van der Waals surface area (Å²) in [6.45, 7) is 12.0. The Balaban J connectivity index is 1.87. The summed E-state index contributed by atoms with van der Waals surface area (Å²) in [5.74, 6) is 0. The first kappa shape index (κ1) is 12.9. The Kier molecular flexibility index (Phi) is 2.15. The third kappa shape index (κ3) is 1.66. The molecule has 2 unspecified atom stereocenters. The molecule has 3 aliphatic carbocycles. The SMILES string of the molecule is CC1(C)CC2=NOC34CC(C)(C)CC(C)(CC(=C23)C1)C4. The van der Waals surface area contributed by atoms with Crippen LogP contribution in [0, 0.1) is 16.2 Å². The fourth-order valence-corrected chi connectivity index (χ4v) is 6.16. The van der Waals surface area contributed by atoms with Gasteiger partial charge < -0.3 is 4.84 Å². The van der Waals surface area contributed by atoms with E-state index in [4.69, 9.17) is 4.84 Å². The molecule has 1 saturated carbocycles. The van der Waals surface area contributed by atoms with E-state index in [-0.39, 0.29) is 5.60 Å². The number of hydrogen-bond acceptors (Lipinski definition) is 2. The van der Waals surface area contributed by atoms with Crippen LogP contribution in [0.5, 0.6) is 0 Å². The fourth-order valence-electron chi connectivity index (χ4n) is 6.16. The van der Waals surface area contributed by atoms with Crippen LogP contribution in [0.3, 0.4) is 0 Å². The first-order valence-corrected chi connectivity index (χ1v) is 8.10. The normalized spacial score (nSPS) is 43.8. The van der Waals surface area contributed by atoms with Gasteiger partial charge in [0.1, 0.15) is 0 Å². The first-order chi connectivity index (χ1) is 9.12. The van der Waals surface area contributed by atoms with E-state index in [0.717, 1.165) is 12.8 Å². The van der Waals surface area contributed by atoms with E-state index >= 15 is 0 Å². The molecular formula is C18H27NO. The van der Waals surface area contributed by atoms with Gasteiger partial charge in [0.05, 0.1) is 5.71 Å². The average molecular weight is 273 g/mol. The highest BCUT2D eigenvalue weighted by atomic mass is 16.7. The Morgan fingerprint density at radius 2 is 1.60 bits per heavy atom. The first-order valence-electron chi connectivity index (χ1n) is 8.10. The molecule has 0 aromatic heterocycles. The van der Waals surface area contributed by atoms with E-state index < -0.39 is 0 Å². The molecule has 2 atom stereocenters. The molecule has 1 heterocycles. The van der Waals surface area contributed by atoms with Crippen molar-refractivity contribution in [2.75, 3.05) is 0 Å². The van der Waals surface area contributed by atoms with Crippen LogP contribution in [0.25, 0.3) is 0 Å². The number of hydrogen-bond donors (Lipinski definition) is 0. The van der Waals surface area contributed by atoms with E-state index in [1.54, 1.807) is 5.57 Å². The van der Waals surface area contributed by atoms with Crippen LogP contribution in [0.2, 0.25) is 0 Å². The Bertz CT molecular complexity index is 554. The number of oxime groups is 1. The van der Waals surface area contributed by atoms with Gasteiger partial charge in [-0.2, -0.15) is 0 Å². The Morgan fingerprint density at radius 3 is 2.35 bits per heavy atom. The van der Waals surface area contributed by atoms with Gasteiger partial charge in [-0.1, -0.05) is 45.3 Å². The molecule has 110 valence electrons. The number of fused-ring (bicyclic) bond motifs is 1. The van der Waals surface area contributed by atoms with Crippen molar-refractivity contribution >= 4 is 5.71 Å². The van der Waals surface area contributed by atoms with Gasteiger partial charge in [-0.25, -0.2) is 0 Å². The van der Waals surface area contributed by atoms with Crippen molar-refractivity contribution in [1.82, 2.24) is 0 Å². The second-order valence-corrected chi connectivity index (χ2v) is 9.80. The van der Waals surface area contributed by atoms with E-state index in [2.05, 4.69) is 39.8 Å². The van der Waals surface area contributed by atoms with Crippen molar-refractivity contribution in [3.8, 4) is 0 Å². The molecule has 2 bridgehead atoms. The maximum atomic E-state index is 6.15. The Labute approximate surface area is 122 Å². The van der Waals surface area contributed by atoms with Crippen molar-refractivity contribution in [1.29, 1.82) is 0 Å². The maximum absolute atomic E-state index is 6.15. The number of nitrogens with zero attached hydrogens (tertiary/aromatic N) is 1. The van der Waals surface area contributed by atoms with Crippen LogP contribution in [-0.2, 0) is 4.84 Å². The van der Waals surface area contributed by atoms with Crippen LogP contribution < -0.4 is 0 Å². The van der Waals surface area contributed by atoms with Crippen molar-refractivity contribution in [2.45, 2.75) is 78.7 Å². The summed E-state index contributed by atoms with van der Waals surface area (Å²) in [6.07, 6.45) is 7.22. The van der Waals surface area contributed by atoms with Crippen molar-refractivity contribution in [2.24, 2.45) is 21.4 Å². The molecule has 4 aliphatic rings. The third-order valence-corrected chi connectivity index (χ3v) is 5.79. The van der Waals surface area contributed by atoms with Crippen molar-refractivity contribution in [3.63, 3.8) is 0 Å². The van der Waals surface area contributed by atoms with Crippen molar-refractivity contribution < 1.29 is 4.84 Å². The molecule has 0 aromatic rings. The molecular weight excluding hydrogens is 246 g/mol. The van der Waals surface area contributed by atoms with Gasteiger partial charge in [0.15, 0.2) is 5.60 Å². The van der Waals surface area contributed by atoms with E-state index in [1.165, 1.54) is 37.0 Å². The minimum atomic E-state index is -0.0735. The second-order valence-electron chi connectivity index (χ2n) is 9.80. The largest absolute Gasteiger partial charge is 0.384 e. The molecule has 0 amide bonds.